The van der Waals surface area contributed by atoms with Crippen LogP contribution in [0.1, 0.15) is 25.6 Å². The second-order valence-corrected chi connectivity index (χ2v) is 9.04. The summed E-state index contributed by atoms with van der Waals surface area (Å²) in [5.41, 5.74) is 10.2. The van der Waals surface area contributed by atoms with Gasteiger partial charge in [-0.3, -0.25) is 4.98 Å². The fourth-order valence-corrected chi connectivity index (χ4v) is 5.08. The highest BCUT2D eigenvalue weighted by Gasteiger charge is 2.25. The lowest BCUT2D eigenvalue weighted by molar-refractivity contribution is 0.589. The van der Waals surface area contributed by atoms with Crippen LogP contribution in [-0.4, -0.2) is 34.8 Å². The molecule has 0 spiro atoms. The molecular weight excluding hydrogens is 392 g/mol. The fraction of sp³-hybridized carbons (Fsp3) is 0.316. The number of hydrogen-bond donors (Lipinski definition) is 2. The van der Waals surface area contributed by atoms with Crippen molar-refractivity contribution in [1.29, 1.82) is 0 Å². The Morgan fingerprint density at radius 3 is 2.82 bits per heavy atom. The van der Waals surface area contributed by atoms with E-state index >= 15 is 0 Å². The third-order valence-corrected chi connectivity index (χ3v) is 7.06. The molecule has 0 aliphatic heterocycles. The van der Waals surface area contributed by atoms with Crippen LogP contribution in [0, 0.1) is 6.92 Å². The van der Waals surface area contributed by atoms with Crippen molar-refractivity contribution in [2.45, 2.75) is 31.7 Å². The zero-order valence-electron chi connectivity index (χ0n) is 16.0. The molecule has 0 radical (unpaired) electrons. The van der Waals surface area contributed by atoms with Gasteiger partial charge >= 0.3 is 0 Å². The number of H-pyrrole nitrogens is 1. The van der Waals surface area contributed by atoms with E-state index in [1.165, 1.54) is 11.3 Å². The minimum Gasteiger partial charge on any atom is -0.610 e. The lowest BCUT2D eigenvalue weighted by Gasteiger charge is -2.09. The first kappa shape index (κ1) is 19.0. The summed E-state index contributed by atoms with van der Waals surface area (Å²) in [5, 5.41) is 4.07. The van der Waals surface area contributed by atoms with Crippen LogP contribution in [0.15, 0.2) is 28.9 Å². The van der Waals surface area contributed by atoms with Crippen LogP contribution in [0.4, 0.5) is 5.69 Å². The van der Waals surface area contributed by atoms with Crippen molar-refractivity contribution in [2.75, 3.05) is 11.5 Å². The highest BCUT2D eigenvalue weighted by molar-refractivity contribution is 7.91. The van der Waals surface area contributed by atoms with Crippen LogP contribution in [0.3, 0.4) is 0 Å². The van der Waals surface area contributed by atoms with Crippen molar-refractivity contribution in [3.05, 3.63) is 29.7 Å². The third-order valence-electron chi connectivity index (χ3n) is 4.82. The van der Waals surface area contributed by atoms with Gasteiger partial charge in [-0.1, -0.05) is 13.3 Å². The van der Waals surface area contributed by atoms with E-state index in [4.69, 9.17) is 10.7 Å². The molecule has 1 unspecified atom stereocenters. The Hall–Kier alpha value is -2.36. The van der Waals surface area contributed by atoms with Gasteiger partial charge in [-0.05, 0) is 19.4 Å². The van der Waals surface area contributed by atoms with Gasteiger partial charge in [-0.25, -0.2) is 15.0 Å². The monoisotopic (exact) mass is 414 g/mol. The van der Waals surface area contributed by atoms with Crippen LogP contribution in [0.2, 0.25) is 0 Å². The average molecular weight is 415 g/mol. The minimum atomic E-state index is -1.19. The highest BCUT2D eigenvalue weighted by atomic mass is 32.2. The largest absolute Gasteiger partial charge is 0.610 e. The third kappa shape index (κ3) is 3.19. The van der Waals surface area contributed by atoms with Crippen LogP contribution in [0.25, 0.3) is 33.0 Å². The molecule has 146 valence electrons. The first-order chi connectivity index (χ1) is 13.5. The number of nitrogen functional groups attached to an aromatic ring is 1. The molecule has 4 heterocycles. The van der Waals surface area contributed by atoms with E-state index in [-0.39, 0.29) is 0 Å². The molecule has 28 heavy (non-hydrogen) atoms. The maximum absolute atomic E-state index is 12.8. The molecule has 0 amide bonds. The van der Waals surface area contributed by atoms with Crippen molar-refractivity contribution in [2.24, 2.45) is 7.05 Å². The number of fused-ring (bicyclic) bond motifs is 1. The summed E-state index contributed by atoms with van der Waals surface area (Å²) < 4.78 is 14.8. The Balaban J connectivity index is 1.96. The minimum absolute atomic E-state index is 0.497. The van der Waals surface area contributed by atoms with E-state index in [1.807, 2.05) is 36.2 Å². The summed E-state index contributed by atoms with van der Waals surface area (Å²) >= 11 is 0.333. The summed E-state index contributed by atoms with van der Waals surface area (Å²) in [4.78, 5) is 16.8. The maximum Gasteiger partial charge on any atom is 0.248 e. The molecule has 0 aliphatic carbocycles. The molecule has 0 saturated heterocycles. The van der Waals surface area contributed by atoms with Crippen LogP contribution >= 0.6 is 11.3 Å². The molecule has 0 fully saturated rings. The summed E-state index contributed by atoms with van der Waals surface area (Å²) in [6, 6.07) is 1.99. The van der Waals surface area contributed by atoms with Gasteiger partial charge in [0.1, 0.15) is 33.6 Å². The predicted molar refractivity (Wildman–Crippen MR) is 115 cm³/mol. The maximum atomic E-state index is 12.8. The van der Waals surface area contributed by atoms with Gasteiger partial charge in [-0.2, -0.15) is 0 Å². The first-order valence-electron chi connectivity index (χ1n) is 9.10. The van der Waals surface area contributed by atoms with E-state index in [9.17, 15) is 4.55 Å². The smallest absolute Gasteiger partial charge is 0.248 e. The number of pyridine rings is 1. The zero-order chi connectivity index (χ0) is 19.8. The highest BCUT2D eigenvalue weighted by Crippen LogP contribution is 2.38. The van der Waals surface area contributed by atoms with Crippen molar-refractivity contribution in [1.82, 2.24) is 24.5 Å². The Kier molecular flexibility index (Phi) is 5.13. The number of aryl methyl sites for hydroxylation is 1. The number of hydrogen-bond acceptors (Lipinski definition) is 6. The number of aromatic nitrogens is 5. The lowest BCUT2D eigenvalue weighted by atomic mass is 10.1. The molecule has 0 aromatic carbocycles. The number of imidazole rings is 1. The SMILES string of the molecule is CCCC[S+]([O-])c1[nH]c2nc(-c3nccs3)cc(-c3cnc(C)n3C)c2c1N. The zero-order valence-corrected chi connectivity index (χ0v) is 17.7. The number of nitrogens with one attached hydrogen (secondary N) is 1. The molecule has 9 heteroatoms. The Morgan fingerprint density at radius 2 is 2.18 bits per heavy atom. The van der Waals surface area contributed by atoms with Crippen molar-refractivity contribution < 1.29 is 4.55 Å². The molecule has 3 N–H and O–H groups in total. The van der Waals surface area contributed by atoms with Gasteiger partial charge < -0.3 is 14.9 Å². The molecule has 4 aromatic rings. The summed E-state index contributed by atoms with van der Waals surface area (Å²) in [6.45, 7) is 4.03. The van der Waals surface area contributed by atoms with Crippen LogP contribution < -0.4 is 5.73 Å². The molecule has 7 nitrogen and oxygen atoms in total. The molecule has 0 aliphatic rings. The molecule has 0 saturated carbocycles. The van der Waals surface area contributed by atoms with E-state index in [1.54, 1.807) is 6.20 Å². The van der Waals surface area contributed by atoms with E-state index in [0.29, 0.717) is 22.1 Å². The Bertz CT molecular complexity index is 1120. The quantitative estimate of drug-likeness (QED) is 0.465. The fourth-order valence-electron chi connectivity index (χ4n) is 3.17. The number of rotatable bonds is 6. The van der Waals surface area contributed by atoms with Gasteiger partial charge in [0.05, 0.1) is 17.3 Å². The van der Waals surface area contributed by atoms with E-state index in [2.05, 4.69) is 21.9 Å². The summed E-state index contributed by atoms with van der Waals surface area (Å²) in [6.07, 6.45) is 5.45. The van der Waals surface area contributed by atoms with Gasteiger partial charge in [-0.15, -0.1) is 11.3 Å². The number of nitrogens with two attached hydrogens (primary N) is 1. The van der Waals surface area contributed by atoms with Crippen molar-refractivity contribution in [3.63, 3.8) is 0 Å². The molecule has 0 bridgehead atoms. The summed E-state index contributed by atoms with van der Waals surface area (Å²) in [7, 11) is 1.97. The number of nitrogens with zero attached hydrogens (tertiary/aromatic N) is 4. The van der Waals surface area contributed by atoms with Gasteiger partial charge in [0.25, 0.3) is 0 Å². The number of thiazole rings is 1. The van der Waals surface area contributed by atoms with Crippen molar-refractivity contribution in [3.8, 4) is 22.0 Å². The van der Waals surface area contributed by atoms with Crippen LogP contribution in [0.5, 0.6) is 0 Å². The normalized spacial score (nSPS) is 12.7. The summed E-state index contributed by atoms with van der Waals surface area (Å²) in [5.74, 6) is 1.48. The second kappa shape index (κ2) is 7.57. The standard InChI is InChI=1S/C19H22N6OS2/c1-4-5-8-28(26)19-16(20)15-12(14-10-22-11(2)25(14)3)9-13(23-17(15)24-19)18-21-6-7-27-18/h6-7,9-10H,4-5,8,20H2,1-3H3,(H,23,24). The van der Waals surface area contributed by atoms with Gasteiger partial charge in [0, 0.05) is 35.4 Å². The number of anilines is 1. The van der Waals surface area contributed by atoms with Gasteiger partial charge in [0.15, 0.2) is 0 Å². The lowest BCUT2D eigenvalue weighted by Crippen LogP contribution is -2.09. The van der Waals surface area contributed by atoms with Gasteiger partial charge in [0.2, 0.25) is 5.03 Å². The Morgan fingerprint density at radius 1 is 1.36 bits per heavy atom. The molecular formula is C19H22N6OS2. The van der Waals surface area contributed by atoms with Crippen molar-refractivity contribution >= 4 is 39.2 Å². The average Bonchev–Trinajstić information content (AvgIpc) is 3.41. The van der Waals surface area contributed by atoms with E-state index < -0.39 is 11.2 Å². The predicted octanol–water partition coefficient (Wildman–Crippen LogP) is 3.89. The molecule has 4 aromatic heterocycles. The topological polar surface area (TPSA) is 108 Å². The Labute approximate surface area is 170 Å². The molecule has 1 atom stereocenters. The first-order valence-corrected chi connectivity index (χ1v) is 11.3. The second-order valence-electron chi connectivity index (χ2n) is 6.64. The number of aromatic amines is 1. The number of unbranched alkanes of at least 4 members (excludes halogenated alkanes) is 1. The van der Waals surface area contributed by atoms with E-state index in [0.717, 1.165) is 46.0 Å². The molecule has 4 rings (SSSR count). The van der Waals surface area contributed by atoms with Crippen LogP contribution in [-0.2, 0) is 18.2 Å².